The van der Waals surface area contributed by atoms with Gasteiger partial charge in [0.15, 0.2) is 0 Å². The lowest BCUT2D eigenvalue weighted by atomic mass is 10.3. The van der Waals surface area contributed by atoms with E-state index in [2.05, 4.69) is 11.5 Å². The molecule has 10 heavy (non-hydrogen) atoms. The Labute approximate surface area is 69.8 Å². The molecule has 0 aliphatic carbocycles. The van der Waals surface area contributed by atoms with Crippen molar-refractivity contribution in [3.05, 3.63) is 24.3 Å². The maximum atomic E-state index is 3.86. The highest BCUT2D eigenvalue weighted by Gasteiger charge is 1.88. The zero-order valence-corrected chi connectivity index (χ0v) is 7.74. The van der Waals surface area contributed by atoms with E-state index in [1.54, 1.807) is 0 Å². The molecule has 0 aliphatic heterocycles. The summed E-state index contributed by atoms with van der Waals surface area (Å²) in [5, 5.41) is 0. The van der Waals surface area contributed by atoms with Crippen LogP contribution in [-0.4, -0.2) is 25.5 Å². The second-order valence-electron chi connectivity index (χ2n) is 2.40. The van der Waals surface area contributed by atoms with E-state index in [-0.39, 0.29) is 12.4 Å². The minimum absolute atomic E-state index is 0. The molecule has 0 N–H and O–H groups in total. The molecule has 0 saturated carbocycles. The fourth-order valence-corrected chi connectivity index (χ4v) is 0.695. The maximum Gasteiger partial charge on any atom is 0.0221 e. The average Bonchev–Trinajstić information content (AvgIpc) is 1.63. The lowest BCUT2D eigenvalue weighted by Gasteiger charge is -2.07. The normalized spacial score (nSPS) is 10.0. The van der Waals surface area contributed by atoms with Gasteiger partial charge in [0.25, 0.3) is 0 Å². The highest BCUT2D eigenvalue weighted by Crippen LogP contribution is 1.92. The Bertz CT molecular complexity index is 116. The Hall–Kier alpha value is -0.270. The standard InChI is InChI=1S/C8H15N.ClH/c1-5-6-8(2)7-9(3)4;/h5-6H,2,7H2,1,3-4H3;1H. The summed E-state index contributed by atoms with van der Waals surface area (Å²) >= 11 is 0. The van der Waals surface area contributed by atoms with Crippen LogP contribution in [0.2, 0.25) is 0 Å². The summed E-state index contributed by atoms with van der Waals surface area (Å²) in [4.78, 5) is 2.10. The number of likely N-dealkylation sites (N-methyl/N-ethyl adjacent to an activating group) is 1. The van der Waals surface area contributed by atoms with Gasteiger partial charge in [-0.3, -0.25) is 0 Å². The van der Waals surface area contributed by atoms with Gasteiger partial charge in [-0.2, -0.15) is 0 Å². The van der Waals surface area contributed by atoms with Crippen molar-refractivity contribution in [3.8, 4) is 0 Å². The predicted octanol–water partition coefficient (Wildman–Crippen LogP) is 2.10. The molecule has 0 saturated heterocycles. The Morgan fingerprint density at radius 1 is 1.50 bits per heavy atom. The zero-order valence-electron chi connectivity index (χ0n) is 6.92. The van der Waals surface area contributed by atoms with Crippen LogP contribution in [0.15, 0.2) is 24.3 Å². The van der Waals surface area contributed by atoms with Gasteiger partial charge in [0, 0.05) is 6.54 Å². The number of halogens is 1. The molecule has 0 aromatic rings. The van der Waals surface area contributed by atoms with E-state index >= 15 is 0 Å². The predicted molar refractivity (Wildman–Crippen MR) is 49.8 cm³/mol. The molecule has 0 atom stereocenters. The van der Waals surface area contributed by atoms with Gasteiger partial charge in [-0.05, 0) is 26.6 Å². The third kappa shape index (κ3) is 7.73. The van der Waals surface area contributed by atoms with E-state index in [1.807, 2.05) is 33.2 Å². The van der Waals surface area contributed by atoms with Crippen LogP contribution in [-0.2, 0) is 0 Å². The summed E-state index contributed by atoms with van der Waals surface area (Å²) in [5.74, 6) is 0. The van der Waals surface area contributed by atoms with Crippen LogP contribution in [0.4, 0.5) is 0 Å². The first-order valence-electron chi connectivity index (χ1n) is 3.12. The molecule has 0 aromatic heterocycles. The first-order valence-corrected chi connectivity index (χ1v) is 3.12. The van der Waals surface area contributed by atoms with E-state index in [9.17, 15) is 0 Å². The first kappa shape index (κ1) is 12.4. The summed E-state index contributed by atoms with van der Waals surface area (Å²) in [6, 6.07) is 0. The van der Waals surface area contributed by atoms with Crippen molar-refractivity contribution in [3.63, 3.8) is 0 Å². The number of rotatable bonds is 3. The molecular formula is C8H16ClN. The SMILES string of the molecule is C=C(C=CC)CN(C)C.Cl. The van der Waals surface area contributed by atoms with Crippen molar-refractivity contribution in [2.75, 3.05) is 20.6 Å². The smallest absolute Gasteiger partial charge is 0.0221 e. The highest BCUT2D eigenvalue weighted by atomic mass is 35.5. The molecule has 0 aromatic carbocycles. The lowest BCUT2D eigenvalue weighted by molar-refractivity contribution is 0.449. The third-order valence-electron chi connectivity index (χ3n) is 0.922. The molecule has 0 heterocycles. The van der Waals surface area contributed by atoms with Crippen molar-refractivity contribution < 1.29 is 0 Å². The minimum atomic E-state index is 0. The van der Waals surface area contributed by atoms with Gasteiger partial charge in [0.2, 0.25) is 0 Å². The first-order chi connectivity index (χ1) is 4.16. The number of hydrogen-bond acceptors (Lipinski definition) is 1. The number of hydrogen-bond donors (Lipinski definition) is 0. The molecule has 0 spiro atoms. The van der Waals surface area contributed by atoms with Crippen LogP contribution in [0.3, 0.4) is 0 Å². The van der Waals surface area contributed by atoms with E-state index in [0.717, 1.165) is 12.1 Å². The summed E-state index contributed by atoms with van der Waals surface area (Å²) in [5.41, 5.74) is 1.16. The van der Waals surface area contributed by atoms with Crippen LogP contribution < -0.4 is 0 Å². The molecule has 0 bridgehead atoms. The van der Waals surface area contributed by atoms with Crippen LogP contribution in [0.1, 0.15) is 6.92 Å². The second kappa shape index (κ2) is 6.84. The van der Waals surface area contributed by atoms with E-state index < -0.39 is 0 Å². The Morgan fingerprint density at radius 2 is 2.00 bits per heavy atom. The van der Waals surface area contributed by atoms with Gasteiger partial charge in [0.1, 0.15) is 0 Å². The summed E-state index contributed by atoms with van der Waals surface area (Å²) in [6.07, 6.45) is 4.03. The van der Waals surface area contributed by atoms with E-state index in [4.69, 9.17) is 0 Å². The molecule has 0 amide bonds. The van der Waals surface area contributed by atoms with Gasteiger partial charge in [-0.25, -0.2) is 0 Å². The fraction of sp³-hybridized carbons (Fsp3) is 0.500. The number of allylic oxidation sites excluding steroid dienone is 1. The lowest BCUT2D eigenvalue weighted by Crippen LogP contribution is -2.13. The fourth-order valence-electron chi connectivity index (χ4n) is 0.695. The molecule has 60 valence electrons. The number of nitrogens with zero attached hydrogens (tertiary/aromatic N) is 1. The Kier molecular flexibility index (Phi) is 8.49. The van der Waals surface area contributed by atoms with Gasteiger partial charge < -0.3 is 4.90 Å². The van der Waals surface area contributed by atoms with Crippen LogP contribution in [0.5, 0.6) is 0 Å². The van der Waals surface area contributed by atoms with Crippen molar-refractivity contribution in [2.45, 2.75) is 6.92 Å². The molecule has 1 nitrogen and oxygen atoms in total. The van der Waals surface area contributed by atoms with Crippen molar-refractivity contribution in [1.82, 2.24) is 4.90 Å². The van der Waals surface area contributed by atoms with Gasteiger partial charge in [-0.15, -0.1) is 12.4 Å². The van der Waals surface area contributed by atoms with Gasteiger partial charge in [0.05, 0.1) is 0 Å². The minimum Gasteiger partial charge on any atom is -0.305 e. The summed E-state index contributed by atoms with van der Waals surface area (Å²) in [6.45, 7) is 6.81. The summed E-state index contributed by atoms with van der Waals surface area (Å²) in [7, 11) is 4.07. The molecule has 0 aliphatic rings. The second-order valence-corrected chi connectivity index (χ2v) is 2.40. The monoisotopic (exact) mass is 161 g/mol. The molecular weight excluding hydrogens is 146 g/mol. The Morgan fingerprint density at radius 3 is 2.30 bits per heavy atom. The highest BCUT2D eigenvalue weighted by molar-refractivity contribution is 5.85. The molecule has 0 unspecified atom stereocenters. The van der Waals surface area contributed by atoms with Gasteiger partial charge in [-0.1, -0.05) is 18.7 Å². The van der Waals surface area contributed by atoms with E-state index in [0.29, 0.717) is 0 Å². The Balaban J connectivity index is 0. The quantitative estimate of drug-likeness (QED) is 0.574. The van der Waals surface area contributed by atoms with E-state index in [1.165, 1.54) is 0 Å². The largest absolute Gasteiger partial charge is 0.305 e. The molecule has 0 fully saturated rings. The maximum absolute atomic E-state index is 3.86. The third-order valence-corrected chi connectivity index (χ3v) is 0.922. The molecule has 0 radical (unpaired) electrons. The van der Waals surface area contributed by atoms with Crippen LogP contribution >= 0.6 is 12.4 Å². The van der Waals surface area contributed by atoms with Crippen molar-refractivity contribution in [1.29, 1.82) is 0 Å². The van der Waals surface area contributed by atoms with Crippen LogP contribution in [0, 0.1) is 0 Å². The van der Waals surface area contributed by atoms with Gasteiger partial charge >= 0.3 is 0 Å². The molecule has 0 rings (SSSR count). The van der Waals surface area contributed by atoms with Crippen LogP contribution in [0.25, 0.3) is 0 Å². The molecule has 2 heteroatoms. The topological polar surface area (TPSA) is 3.24 Å². The van der Waals surface area contributed by atoms with Crippen molar-refractivity contribution >= 4 is 12.4 Å². The summed E-state index contributed by atoms with van der Waals surface area (Å²) < 4.78 is 0. The average molecular weight is 162 g/mol. The van der Waals surface area contributed by atoms with Crippen molar-refractivity contribution in [2.24, 2.45) is 0 Å². The zero-order chi connectivity index (χ0) is 7.28.